The number of nitrogens with one attached hydrogen (secondary N) is 1. The smallest absolute Gasteiger partial charge is 0.326 e. The van der Waals surface area contributed by atoms with E-state index in [-0.39, 0.29) is 5.75 Å². The Bertz CT molecular complexity index is 404. The lowest BCUT2D eigenvalue weighted by Gasteiger charge is -2.17. The van der Waals surface area contributed by atoms with E-state index in [1.807, 2.05) is 32.9 Å². The van der Waals surface area contributed by atoms with Crippen LogP contribution in [0.2, 0.25) is 0 Å². The molecule has 88 valence electrons. The van der Waals surface area contributed by atoms with Gasteiger partial charge >= 0.3 is 5.97 Å². The van der Waals surface area contributed by atoms with Gasteiger partial charge in [0.2, 0.25) is 0 Å². The normalized spacial score (nSPS) is 12.2. The third-order valence-electron chi connectivity index (χ3n) is 2.87. The largest absolute Gasteiger partial charge is 0.480 e. The van der Waals surface area contributed by atoms with E-state index in [0.29, 0.717) is 0 Å². The number of carboxylic acid groups (broad SMARTS) is 1. The molecule has 0 aliphatic rings. The van der Waals surface area contributed by atoms with Crippen LogP contribution in [0.15, 0.2) is 12.1 Å². The molecule has 0 aliphatic heterocycles. The molecular weight excluding hydrogens is 222 g/mol. The highest BCUT2D eigenvalue weighted by Gasteiger charge is 2.16. The third-order valence-corrected chi connectivity index (χ3v) is 3.23. The van der Waals surface area contributed by atoms with Crippen molar-refractivity contribution in [2.45, 2.75) is 26.8 Å². The van der Waals surface area contributed by atoms with Crippen LogP contribution in [0.5, 0.6) is 0 Å². The molecule has 1 aromatic carbocycles. The molecule has 0 bridgehead atoms. The predicted molar refractivity (Wildman–Crippen MR) is 69.6 cm³/mol. The monoisotopic (exact) mass is 239 g/mol. The molecule has 1 rings (SSSR count). The van der Waals surface area contributed by atoms with Crippen LogP contribution in [0.1, 0.15) is 16.7 Å². The van der Waals surface area contributed by atoms with Crippen LogP contribution in [0, 0.1) is 20.8 Å². The first-order valence-electron chi connectivity index (χ1n) is 5.14. The van der Waals surface area contributed by atoms with Gasteiger partial charge in [0.1, 0.15) is 6.04 Å². The molecule has 3 nitrogen and oxygen atoms in total. The molecule has 0 aliphatic carbocycles. The van der Waals surface area contributed by atoms with Crippen molar-refractivity contribution >= 4 is 24.3 Å². The first kappa shape index (κ1) is 12.9. The summed E-state index contributed by atoms with van der Waals surface area (Å²) in [4.78, 5) is 10.9. The van der Waals surface area contributed by atoms with Crippen molar-refractivity contribution in [3.8, 4) is 0 Å². The van der Waals surface area contributed by atoms with Gasteiger partial charge in [0, 0.05) is 11.4 Å². The van der Waals surface area contributed by atoms with Gasteiger partial charge in [-0.1, -0.05) is 6.07 Å². The zero-order chi connectivity index (χ0) is 12.3. The lowest BCUT2D eigenvalue weighted by atomic mass is 10.0. The molecule has 0 amide bonds. The van der Waals surface area contributed by atoms with Crippen LogP contribution < -0.4 is 5.32 Å². The lowest BCUT2D eigenvalue weighted by Crippen LogP contribution is -2.31. The molecule has 1 aromatic rings. The number of hydrogen-bond acceptors (Lipinski definition) is 3. The summed E-state index contributed by atoms with van der Waals surface area (Å²) >= 11 is 4.02. The number of anilines is 1. The minimum atomic E-state index is -0.882. The molecule has 0 unspecified atom stereocenters. The minimum absolute atomic E-state index is 0.266. The van der Waals surface area contributed by atoms with E-state index in [9.17, 15) is 4.79 Å². The number of hydrogen-bond donors (Lipinski definition) is 3. The van der Waals surface area contributed by atoms with Gasteiger partial charge in [-0.15, -0.1) is 0 Å². The summed E-state index contributed by atoms with van der Waals surface area (Å²) in [6, 6.07) is 3.25. The lowest BCUT2D eigenvalue weighted by molar-refractivity contribution is -0.137. The van der Waals surface area contributed by atoms with E-state index in [4.69, 9.17) is 5.11 Å². The van der Waals surface area contributed by atoms with Crippen LogP contribution in [0.25, 0.3) is 0 Å². The Kier molecular flexibility index (Phi) is 4.24. The maximum Gasteiger partial charge on any atom is 0.326 e. The molecule has 0 radical (unpaired) electrons. The maximum absolute atomic E-state index is 10.9. The molecule has 2 N–H and O–H groups in total. The summed E-state index contributed by atoms with van der Waals surface area (Å²) in [6.07, 6.45) is 0. The van der Waals surface area contributed by atoms with Gasteiger partial charge in [0.15, 0.2) is 0 Å². The van der Waals surface area contributed by atoms with Crippen LogP contribution in [-0.4, -0.2) is 22.9 Å². The van der Waals surface area contributed by atoms with Gasteiger partial charge < -0.3 is 10.4 Å². The Hall–Kier alpha value is -1.16. The second-order valence-corrected chi connectivity index (χ2v) is 4.26. The molecule has 0 heterocycles. The van der Waals surface area contributed by atoms with Gasteiger partial charge in [-0.2, -0.15) is 12.6 Å². The summed E-state index contributed by atoms with van der Waals surface area (Å²) in [5.41, 5.74) is 4.35. The van der Waals surface area contributed by atoms with E-state index in [1.165, 1.54) is 11.1 Å². The zero-order valence-corrected chi connectivity index (χ0v) is 10.6. The average molecular weight is 239 g/mol. The Labute approximate surface area is 101 Å². The Morgan fingerprint density at radius 2 is 2.00 bits per heavy atom. The van der Waals surface area contributed by atoms with Gasteiger partial charge in [0.25, 0.3) is 0 Å². The number of aliphatic carboxylic acids is 1. The van der Waals surface area contributed by atoms with Crippen molar-refractivity contribution in [1.82, 2.24) is 0 Å². The van der Waals surface area contributed by atoms with Crippen molar-refractivity contribution in [3.63, 3.8) is 0 Å². The zero-order valence-electron chi connectivity index (χ0n) is 9.74. The van der Waals surface area contributed by atoms with Crippen molar-refractivity contribution in [3.05, 3.63) is 28.8 Å². The van der Waals surface area contributed by atoms with E-state index < -0.39 is 12.0 Å². The summed E-state index contributed by atoms with van der Waals surface area (Å²) in [7, 11) is 0. The molecule has 0 spiro atoms. The number of rotatable bonds is 4. The highest BCUT2D eigenvalue weighted by Crippen LogP contribution is 2.22. The van der Waals surface area contributed by atoms with Crippen molar-refractivity contribution < 1.29 is 9.90 Å². The van der Waals surface area contributed by atoms with E-state index >= 15 is 0 Å². The fourth-order valence-corrected chi connectivity index (χ4v) is 1.73. The van der Waals surface area contributed by atoms with Gasteiger partial charge in [-0.3, -0.25) is 0 Å². The van der Waals surface area contributed by atoms with Crippen molar-refractivity contribution in [1.29, 1.82) is 0 Å². The standard InChI is InChI=1S/C12H17NO2S/c1-7-4-5-10(9(3)8(7)2)13-11(6-16)12(14)15/h4-5,11,13,16H,6H2,1-3H3,(H,14,15)/t11-/m0/s1. The van der Waals surface area contributed by atoms with Crippen LogP contribution >= 0.6 is 12.6 Å². The Morgan fingerprint density at radius 1 is 1.38 bits per heavy atom. The summed E-state index contributed by atoms with van der Waals surface area (Å²) in [5.74, 6) is -0.616. The quantitative estimate of drug-likeness (QED) is 0.707. The number of thiol groups is 1. The second-order valence-electron chi connectivity index (χ2n) is 3.90. The molecule has 1 atom stereocenters. The second kappa shape index (κ2) is 5.25. The fourth-order valence-electron chi connectivity index (χ4n) is 1.49. The minimum Gasteiger partial charge on any atom is -0.480 e. The van der Waals surface area contributed by atoms with Gasteiger partial charge in [0.05, 0.1) is 0 Å². The maximum atomic E-state index is 10.9. The van der Waals surface area contributed by atoms with Crippen molar-refractivity contribution in [2.24, 2.45) is 0 Å². The summed E-state index contributed by atoms with van der Waals surface area (Å²) in [6.45, 7) is 6.06. The molecule has 16 heavy (non-hydrogen) atoms. The highest BCUT2D eigenvalue weighted by molar-refractivity contribution is 7.80. The number of aryl methyl sites for hydroxylation is 1. The number of carboxylic acids is 1. The molecule has 0 saturated heterocycles. The highest BCUT2D eigenvalue weighted by atomic mass is 32.1. The molecular formula is C12H17NO2S. The fraction of sp³-hybridized carbons (Fsp3) is 0.417. The van der Waals surface area contributed by atoms with Crippen molar-refractivity contribution in [2.75, 3.05) is 11.1 Å². The molecule has 0 fully saturated rings. The number of carbonyl (C=O) groups is 1. The predicted octanol–water partition coefficient (Wildman–Crippen LogP) is 2.41. The Morgan fingerprint density at radius 3 is 2.50 bits per heavy atom. The van der Waals surface area contributed by atoms with Crippen LogP contribution in [0.3, 0.4) is 0 Å². The van der Waals surface area contributed by atoms with E-state index in [2.05, 4.69) is 17.9 Å². The van der Waals surface area contributed by atoms with E-state index in [0.717, 1.165) is 11.3 Å². The topological polar surface area (TPSA) is 49.3 Å². The van der Waals surface area contributed by atoms with Gasteiger partial charge in [-0.05, 0) is 43.5 Å². The Balaban J connectivity index is 2.97. The summed E-state index contributed by atoms with van der Waals surface area (Å²) < 4.78 is 0. The first-order chi connectivity index (χ1) is 7.47. The average Bonchev–Trinajstić information content (AvgIpc) is 2.25. The van der Waals surface area contributed by atoms with Gasteiger partial charge in [-0.25, -0.2) is 4.79 Å². The summed E-state index contributed by atoms with van der Waals surface area (Å²) in [5, 5.41) is 11.9. The molecule has 4 heteroatoms. The number of benzene rings is 1. The van der Waals surface area contributed by atoms with E-state index in [1.54, 1.807) is 0 Å². The SMILES string of the molecule is Cc1ccc(N[C@@H](CS)C(=O)O)c(C)c1C. The molecule has 0 saturated carbocycles. The van der Waals surface area contributed by atoms with Crippen LogP contribution in [-0.2, 0) is 4.79 Å². The first-order valence-corrected chi connectivity index (χ1v) is 5.77. The van der Waals surface area contributed by atoms with Crippen LogP contribution in [0.4, 0.5) is 5.69 Å². The third kappa shape index (κ3) is 2.70. The molecule has 0 aromatic heterocycles.